The average molecular weight is 244 g/mol. The van der Waals surface area contributed by atoms with Crippen molar-refractivity contribution in [2.75, 3.05) is 7.11 Å². The molecule has 0 aromatic heterocycles. The second kappa shape index (κ2) is 3.87. The van der Waals surface area contributed by atoms with Gasteiger partial charge in [-0.3, -0.25) is 0 Å². The van der Waals surface area contributed by atoms with Crippen molar-refractivity contribution in [1.29, 1.82) is 0 Å². The van der Waals surface area contributed by atoms with Gasteiger partial charge in [0, 0.05) is 11.5 Å². The van der Waals surface area contributed by atoms with Crippen molar-refractivity contribution in [2.24, 2.45) is 5.92 Å². The maximum absolute atomic E-state index is 12.0. The summed E-state index contributed by atoms with van der Waals surface area (Å²) in [6, 6.07) is 3.90. The molecule has 0 N–H and O–H groups in total. The maximum Gasteiger partial charge on any atom is 0.342 e. The summed E-state index contributed by atoms with van der Waals surface area (Å²) in [7, 11) is 1.58. The maximum atomic E-state index is 12.0. The van der Waals surface area contributed by atoms with Gasteiger partial charge in [-0.15, -0.1) is 0 Å². The third kappa shape index (κ3) is 1.40. The lowest BCUT2D eigenvalue weighted by molar-refractivity contribution is 0.0253. The third-order valence-electron chi connectivity index (χ3n) is 3.96. The van der Waals surface area contributed by atoms with Gasteiger partial charge in [0.15, 0.2) is 0 Å². The van der Waals surface area contributed by atoms with Crippen molar-refractivity contribution >= 4 is 5.97 Å². The fraction of sp³-hybridized carbons (Fsp3) is 0.400. The normalized spacial score (nSPS) is 24.4. The molecule has 3 nitrogen and oxygen atoms in total. The van der Waals surface area contributed by atoms with Gasteiger partial charge in [-0.2, -0.15) is 0 Å². The van der Waals surface area contributed by atoms with Crippen LogP contribution in [-0.2, 0) is 11.2 Å². The third-order valence-corrected chi connectivity index (χ3v) is 3.96. The van der Waals surface area contributed by atoms with Crippen LogP contribution in [0.3, 0.4) is 0 Å². The van der Waals surface area contributed by atoms with Crippen LogP contribution in [-0.4, -0.2) is 13.1 Å². The van der Waals surface area contributed by atoms with Gasteiger partial charge in [0.2, 0.25) is 0 Å². The highest BCUT2D eigenvalue weighted by Gasteiger charge is 2.43. The Morgan fingerprint density at radius 3 is 2.94 bits per heavy atom. The van der Waals surface area contributed by atoms with Gasteiger partial charge in [-0.05, 0) is 31.4 Å². The molecule has 0 fully saturated rings. The highest BCUT2D eigenvalue weighted by atomic mass is 16.6. The largest absolute Gasteiger partial charge is 0.496 e. The van der Waals surface area contributed by atoms with Crippen LogP contribution in [0.5, 0.6) is 5.75 Å². The SMILES string of the molecule is C=C(C)[C@@H]1CCc2ccc(OC)c3c2[C@H]1OC3=O. The molecule has 0 amide bonds. The Morgan fingerprint density at radius 1 is 1.50 bits per heavy atom. The zero-order chi connectivity index (χ0) is 12.9. The number of hydrogen-bond acceptors (Lipinski definition) is 3. The molecular weight excluding hydrogens is 228 g/mol. The number of carbonyl (C=O) groups excluding carboxylic acids is 1. The van der Waals surface area contributed by atoms with Crippen molar-refractivity contribution in [3.05, 3.63) is 41.0 Å². The molecule has 0 bridgehead atoms. The van der Waals surface area contributed by atoms with Crippen LogP contribution in [0.15, 0.2) is 24.3 Å². The summed E-state index contributed by atoms with van der Waals surface area (Å²) >= 11 is 0. The van der Waals surface area contributed by atoms with Gasteiger partial charge >= 0.3 is 5.97 Å². The molecule has 94 valence electrons. The van der Waals surface area contributed by atoms with Crippen molar-refractivity contribution in [1.82, 2.24) is 0 Å². The predicted octanol–water partition coefficient (Wildman–Crippen LogP) is 3.05. The van der Waals surface area contributed by atoms with Crippen LogP contribution in [0.1, 0.15) is 40.9 Å². The molecule has 0 saturated heterocycles. The first-order chi connectivity index (χ1) is 8.63. The first-order valence-corrected chi connectivity index (χ1v) is 6.19. The number of esters is 1. The Labute approximate surface area is 106 Å². The second-order valence-corrected chi connectivity index (χ2v) is 5.03. The summed E-state index contributed by atoms with van der Waals surface area (Å²) in [4.78, 5) is 12.0. The molecule has 0 radical (unpaired) electrons. The number of rotatable bonds is 2. The van der Waals surface area contributed by atoms with Crippen molar-refractivity contribution in [3.8, 4) is 5.75 Å². The van der Waals surface area contributed by atoms with Crippen LogP contribution in [0.2, 0.25) is 0 Å². The molecule has 0 spiro atoms. The standard InChI is InChI=1S/C15H16O3/c1-8(2)10-6-4-9-5-7-11(17-3)13-12(9)14(10)18-15(13)16/h5,7,10,14H,1,4,6H2,2-3H3/t10-,14-/m0/s1. The average Bonchev–Trinajstić information content (AvgIpc) is 2.69. The Morgan fingerprint density at radius 2 is 2.28 bits per heavy atom. The molecule has 3 rings (SSSR count). The van der Waals surface area contributed by atoms with Gasteiger partial charge in [-0.1, -0.05) is 18.2 Å². The van der Waals surface area contributed by atoms with Gasteiger partial charge in [0.1, 0.15) is 17.4 Å². The summed E-state index contributed by atoms with van der Waals surface area (Å²) in [5.74, 6) is 0.584. The van der Waals surface area contributed by atoms with Crippen LogP contribution in [0.4, 0.5) is 0 Å². The van der Waals surface area contributed by atoms with E-state index in [2.05, 4.69) is 6.58 Å². The van der Waals surface area contributed by atoms with E-state index in [-0.39, 0.29) is 18.0 Å². The molecule has 1 aromatic rings. The first kappa shape index (κ1) is 11.3. The molecule has 1 heterocycles. The Kier molecular flexibility index (Phi) is 2.44. The van der Waals surface area contributed by atoms with E-state index in [0.29, 0.717) is 11.3 Å². The molecule has 1 aliphatic carbocycles. The lowest BCUT2D eigenvalue weighted by Gasteiger charge is -2.29. The second-order valence-electron chi connectivity index (χ2n) is 5.03. The van der Waals surface area contributed by atoms with Crippen LogP contribution >= 0.6 is 0 Å². The highest BCUT2D eigenvalue weighted by molar-refractivity contribution is 5.97. The quantitative estimate of drug-likeness (QED) is 0.592. The minimum absolute atomic E-state index is 0.163. The summed E-state index contributed by atoms with van der Waals surface area (Å²) in [6.45, 7) is 6.02. The van der Waals surface area contributed by atoms with E-state index in [0.717, 1.165) is 24.0 Å². The lowest BCUT2D eigenvalue weighted by Crippen LogP contribution is -2.20. The Bertz CT molecular complexity index is 545. The number of benzene rings is 1. The summed E-state index contributed by atoms with van der Waals surface area (Å²) in [5.41, 5.74) is 3.93. The lowest BCUT2D eigenvalue weighted by atomic mass is 9.77. The summed E-state index contributed by atoms with van der Waals surface area (Å²) in [5, 5.41) is 0. The molecule has 0 unspecified atom stereocenters. The number of aryl methyl sites for hydroxylation is 1. The van der Waals surface area contributed by atoms with Crippen molar-refractivity contribution in [2.45, 2.75) is 25.9 Å². The first-order valence-electron chi connectivity index (χ1n) is 6.19. The fourth-order valence-electron chi connectivity index (χ4n) is 3.05. The minimum atomic E-state index is -0.262. The molecule has 18 heavy (non-hydrogen) atoms. The minimum Gasteiger partial charge on any atom is -0.496 e. The number of methoxy groups -OCH3 is 1. The van der Waals surface area contributed by atoms with Gasteiger partial charge in [-0.25, -0.2) is 4.79 Å². The highest BCUT2D eigenvalue weighted by Crippen LogP contribution is 2.48. The predicted molar refractivity (Wildman–Crippen MR) is 67.8 cm³/mol. The van der Waals surface area contributed by atoms with Gasteiger partial charge in [0.05, 0.1) is 7.11 Å². The number of carbonyl (C=O) groups is 1. The topological polar surface area (TPSA) is 35.5 Å². The Hall–Kier alpha value is -1.77. The van der Waals surface area contributed by atoms with E-state index >= 15 is 0 Å². The fourth-order valence-corrected chi connectivity index (χ4v) is 3.05. The van der Waals surface area contributed by atoms with E-state index in [1.165, 1.54) is 5.56 Å². The Balaban J connectivity index is 2.19. The van der Waals surface area contributed by atoms with Crippen molar-refractivity contribution in [3.63, 3.8) is 0 Å². The summed E-state index contributed by atoms with van der Waals surface area (Å²) < 4.78 is 10.8. The zero-order valence-electron chi connectivity index (χ0n) is 10.7. The number of ether oxygens (including phenoxy) is 2. The van der Waals surface area contributed by atoms with Crippen LogP contribution < -0.4 is 4.74 Å². The van der Waals surface area contributed by atoms with Crippen LogP contribution in [0.25, 0.3) is 0 Å². The van der Waals surface area contributed by atoms with E-state index in [4.69, 9.17) is 9.47 Å². The summed E-state index contributed by atoms with van der Waals surface area (Å²) in [6.07, 6.45) is 1.80. The van der Waals surface area contributed by atoms with E-state index in [9.17, 15) is 4.79 Å². The molecule has 3 heteroatoms. The monoisotopic (exact) mass is 244 g/mol. The van der Waals surface area contributed by atoms with Gasteiger partial charge in [0.25, 0.3) is 0 Å². The van der Waals surface area contributed by atoms with Crippen LogP contribution in [0, 0.1) is 5.92 Å². The molecule has 1 aliphatic heterocycles. The smallest absolute Gasteiger partial charge is 0.342 e. The van der Waals surface area contributed by atoms with E-state index in [1.807, 2.05) is 19.1 Å². The molecular formula is C15H16O3. The van der Waals surface area contributed by atoms with E-state index < -0.39 is 0 Å². The zero-order valence-corrected chi connectivity index (χ0v) is 10.7. The van der Waals surface area contributed by atoms with Gasteiger partial charge < -0.3 is 9.47 Å². The molecule has 1 aromatic carbocycles. The molecule has 0 saturated carbocycles. The van der Waals surface area contributed by atoms with E-state index in [1.54, 1.807) is 7.11 Å². The molecule has 2 aliphatic rings. The van der Waals surface area contributed by atoms with Crippen molar-refractivity contribution < 1.29 is 14.3 Å². The molecule has 2 atom stereocenters. The number of hydrogen-bond donors (Lipinski definition) is 0.